The van der Waals surface area contributed by atoms with Gasteiger partial charge < -0.3 is 50.3 Å². The first-order chi connectivity index (χ1) is 38.7. The number of alkyl halides is 1. The van der Waals surface area contributed by atoms with Crippen molar-refractivity contribution in [3.05, 3.63) is 154 Å². The molecule has 0 fully saturated rings. The third-order valence-corrected chi connectivity index (χ3v) is 11.7. The number of carbonyl (C=O) groups is 6. The van der Waals surface area contributed by atoms with Crippen molar-refractivity contribution in [1.82, 2.24) is 36.3 Å². The minimum Gasteiger partial charge on any atom is -0.485 e. The molecule has 4 aromatic carbocycles. The number of ether oxygens (including phenoxy) is 6. The van der Waals surface area contributed by atoms with E-state index in [1.807, 2.05) is 142 Å². The van der Waals surface area contributed by atoms with Crippen LogP contribution < -0.4 is 26.3 Å². The van der Waals surface area contributed by atoms with Crippen molar-refractivity contribution in [1.29, 1.82) is 2.67 Å². The molecular weight excluding hydrogens is 1300 g/mol. The van der Waals surface area contributed by atoms with Gasteiger partial charge in [-0.15, -0.1) is 11.6 Å². The predicted octanol–water partition coefficient (Wildman–Crippen LogP) is 9.95. The van der Waals surface area contributed by atoms with Gasteiger partial charge in [-0.3, -0.25) is 19.2 Å². The molecule has 0 unspecified atom stereocenters. The van der Waals surface area contributed by atoms with Gasteiger partial charge in [0.25, 0.3) is 0 Å². The summed E-state index contributed by atoms with van der Waals surface area (Å²) in [5, 5.41) is 21.6. The van der Waals surface area contributed by atoms with E-state index in [0.29, 0.717) is 27.3 Å². The first-order valence-electron chi connectivity index (χ1n) is 26.5. The van der Waals surface area contributed by atoms with Crippen LogP contribution in [0.2, 0.25) is 0 Å². The average Bonchev–Trinajstić information content (AvgIpc) is 4.15. The molecule has 6 N–H and O–H groups in total. The zero-order valence-corrected chi connectivity index (χ0v) is 53.7. The van der Waals surface area contributed by atoms with E-state index in [-0.39, 0.29) is 74.8 Å². The predicted molar refractivity (Wildman–Crippen MR) is 312 cm³/mol. The molecule has 0 saturated heterocycles. The van der Waals surface area contributed by atoms with Gasteiger partial charge in [0.1, 0.15) is 42.3 Å². The van der Waals surface area contributed by atoms with E-state index >= 15 is 0 Å². The van der Waals surface area contributed by atoms with Crippen LogP contribution in [0.1, 0.15) is 117 Å². The summed E-state index contributed by atoms with van der Waals surface area (Å²) in [7, 11) is 3.17. The van der Waals surface area contributed by atoms with Gasteiger partial charge in [-0.1, -0.05) is 84.9 Å². The number of amides is 2. The maximum absolute atomic E-state index is 12.8. The second kappa shape index (κ2) is 35.0. The smallest absolute Gasteiger partial charge is 0.408 e. The number of ketones is 1. The Morgan fingerprint density at radius 1 is 0.622 bits per heavy atom. The number of rotatable bonds is 20. The van der Waals surface area contributed by atoms with Crippen molar-refractivity contribution in [2.24, 2.45) is 0 Å². The fourth-order valence-electron chi connectivity index (χ4n) is 7.63. The van der Waals surface area contributed by atoms with Crippen LogP contribution in [0, 0.1) is 58.8 Å². The van der Waals surface area contributed by atoms with Gasteiger partial charge in [-0.2, -0.15) is 10.2 Å². The molecule has 6 aromatic rings. The zero-order chi connectivity index (χ0) is 61.2. The Morgan fingerprint density at radius 3 is 1.44 bits per heavy atom. The van der Waals surface area contributed by atoms with Crippen LogP contribution in [0.5, 0.6) is 11.5 Å². The van der Waals surface area contributed by atoms with Gasteiger partial charge in [-0.05, 0) is 118 Å². The van der Waals surface area contributed by atoms with Crippen molar-refractivity contribution in [2.75, 3.05) is 27.3 Å². The molecule has 2 heterocycles. The van der Waals surface area contributed by atoms with Gasteiger partial charge >= 0.3 is 30.1 Å². The number of benzene rings is 4. The fourth-order valence-corrected chi connectivity index (χ4v) is 7.89. The van der Waals surface area contributed by atoms with E-state index in [0.717, 1.165) is 62.2 Å². The number of nitrogens with one attached hydrogen (secondary N) is 2. The summed E-state index contributed by atoms with van der Waals surface area (Å²) in [5.41, 5.74) is 7.46. The van der Waals surface area contributed by atoms with Crippen molar-refractivity contribution >= 4 is 55.8 Å². The third-order valence-electron chi connectivity index (χ3n) is 11.3. The molecule has 0 aliphatic rings. The summed E-state index contributed by atoms with van der Waals surface area (Å²) < 4.78 is 46.8. The molecule has 1 radical (unpaired) electrons. The number of hydrogen-bond acceptors (Lipinski definition) is 15. The maximum atomic E-state index is 12.8. The van der Waals surface area contributed by atoms with Crippen LogP contribution in [-0.2, 0) is 51.3 Å². The summed E-state index contributed by atoms with van der Waals surface area (Å²) in [4.78, 5) is 69.2. The molecule has 82 heavy (non-hydrogen) atoms. The number of carboxylic acid groups (broad SMARTS) is 1. The SMILES string of the molecule is CC(C)(C)OC(=O)NCC(=O)O.COC(=O)C[C@H](CC(=O)CNC(=O)OC(C)(C)C)c1cccc(-n2nc(C)c(OCc3ccccc3)c2C)c1.COC(=O)C[C@H](Cl)c1cccc(-n2nc(C)c(OCc3ccccc3)c2C)c1.N.[3H][B][3H].[U]. The molecule has 20 nitrogen and oxygen atoms in total. The molecule has 2 aromatic heterocycles. The summed E-state index contributed by atoms with van der Waals surface area (Å²) in [6, 6.07) is 35.1. The van der Waals surface area contributed by atoms with Gasteiger partial charge in [0.15, 0.2) is 17.3 Å². The standard InChI is InChI=1S/C30H37N3O6.C22H23ClN2O3.C7H13NO4.BH2.H3N.U/c1-20-28(38-19-22-11-8-7-9-12-22)21(2)33(32-20)25-14-10-13-23(15-25)24(17-27(35)37-6)16-26(34)18-31-29(36)39-30(3,4)5;1-15-22(28-14-17-8-5-4-6-9-17)16(2)25(24-15)19-11-7-10-18(12-19)20(23)13-21(26)27-3;1-7(2,3)12-6(11)8-4-5(9)10;;;/h7-15,24H,16-19H2,1-6H3,(H,31,36);4-12,20H,13-14H2,1-3H3;4H2,1-3H3,(H,8,11)(H,9,10);1H2;1H3;/t24-;20-;;;;/m00..../s1/i;;;1T2;;. The number of esters is 2. The second-order valence-corrected chi connectivity index (χ2v) is 20.7. The Balaban J connectivity index is 0.000000682. The minimum absolute atomic E-state index is 0. The van der Waals surface area contributed by atoms with Crippen LogP contribution >= 0.6 is 11.6 Å². The molecule has 0 aliphatic carbocycles. The van der Waals surface area contributed by atoms with Crippen molar-refractivity contribution in [3.8, 4) is 22.9 Å². The summed E-state index contributed by atoms with van der Waals surface area (Å²) in [6.45, 7) is 18.4. The van der Waals surface area contributed by atoms with Crippen LogP contribution in [0.4, 0.5) is 9.59 Å². The number of alkyl carbamates (subject to hydrolysis) is 2. The van der Waals surface area contributed by atoms with Gasteiger partial charge in [0.05, 0.1) is 70.1 Å². The molecule has 2 atom stereocenters. The first-order valence-corrected chi connectivity index (χ1v) is 25.8. The Morgan fingerprint density at radius 2 is 1.02 bits per heavy atom. The van der Waals surface area contributed by atoms with Gasteiger partial charge in [0.2, 0.25) is 0 Å². The number of carbonyl (C=O) groups excluding carboxylic acids is 5. The number of aromatic nitrogens is 4. The van der Waals surface area contributed by atoms with Crippen molar-refractivity contribution < 1.29 is 93.4 Å². The normalized spacial score (nSPS) is 11.5. The third kappa shape index (κ3) is 24.9. The van der Waals surface area contributed by atoms with E-state index in [1.165, 1.54) is 14.2 Å². The van der Waals surface area contributed by atoms with E-state index < -0.39 is 53.2 Å². The van der Waals surface area contributed by atoms with Crippen LogP contribution in [0.25, 0.3) is 11.4 Å². The van der Waals surface area contributed by atoms with E-state index in [2.05, 4.69) is 20.8 Å². The number of methoxy groups -OCH3 is 2. The maximum Gasteiger partial charge on any atom is 0.408 e. The number of hydrogen-bond donors (Lipinski definition) is 4. The molecule has 2 amide bonds. The van der Waals surface area contributed by atoms with Gasteiger partial charge in [0, 0.05) is 43.5 Å². The topological polar surface area (TPSA) is 273 Å². The van der Waals surface area contributed by atoms with E-state index in [4.69, 9.17) is 47.8 Å². The molecule has 6 rings (SSSR count). The molecule has 441 valence electrons. The van der Waals surface area contributed by atoms with Crippen molar-refractivity contribution in [2.45, 2.75) is 124 Å². The largest absolute Gasteiger partial charge is 0.485 e. The summed E-state index contributed by atoms with van der Waals surface area (Å²) in [5.74, 6) is -1.07. The van der Waals surface area contributed by atoms with E-state index in [1.54, 1.807) is 46.2 Å². The Hall–Kier alpha value is -7.11. The molecule has 0 spiro atoms. The molecular formula is C59H78BClN7O13U. The van der Waals surface area contributed by atoms with Crippen LogP contribution in [-0.4, -0.2) is 110 Å². The monoisotopic (exact) mass is 1380 g/mol. The summed E-state index contributed by atoms with van der Waals surface area (Å²) in [6.07, 6.45) is -1.22. The van der Waals surface area contributed by atoms with Gasteiger partial charge in [-0.25, -0.2) is 19.0 Å². The molecule has 0 bridgehead atoms. The number of nitrogens with zero attached hydrogens (tertiary/aromatic N) is 4. The zero-order valence-electron chi connectivity index (χ0n) is 50.8. The van der Waals surface area contributed by atoms with Crippen molar-refractivity contribution in [3.63, 3.8) is 0 Å². The molecule has 23 heteroatoms. The fraction of sp³-hybridized carbons (Fsp3) is 0.390. The average molecular weight is 1380 g/mol. The Bertz CT molecular complexity index is 3030. The Kier molecular flexibility index (Phi) is 29.5. The number of aliphatic carboxylic acids is 1. The number of aryl methyl sites for hydroxylation is 2. The second-order valence-electron chi connectivity index (χ2n) is 20.1. The Labute approximate surface area is 513 Å². The number of halogens is 1. The van der Waals surface area contributed by atoms with Crippen LogP contribution in [0.3, 0.4) is 0 Å². The van der Waals surface area contributed by atoms with E-state index in [9.17, 15) is 28.8 Å². The number of Topliss-reactive ketones (excluding diaryl/α,β-unsaturated/α-hetero) is 1. The molecule has 0 saturated carbocycles. The number of carboxylic acids is 1. The minimum atomic E-state index is -1.10. The quantitative estimate of drug-likeness (QED) is 0.0239. The van der Waals surface area contributed by atoms with Crippen LogP contribution in [0.15, 0.2) is 109 Å². The first kappa shape index (κ1) is 69.2. The summed E-state index contributed by atoms with van der Waals surface area (Å²) >= 11 is 6.38. The molecule has 0 aliphatic heterocycles.